The molecule has 1 saturated heterocycles. The van der Waals surface area contributed by atoms with Crippen LogP contribution in [0.25, 0.3) is 11.0 Å². The number of ether oxygens (including phenoxy) is 1. The summed E-state index contributed by atoms with van der Waals surface area (Å²) in [6.07, 6.45) is 3.94. The molecule has 1 aliphatic heterocycles. The molecule has 0 aromatic carbocycles. The number of fused-ring (bicyclic) bond motifs is 1. The molecule has 8 heteroatoms. The second-order valence-electron chi connectivity index (χ2n) is 5.74. The Bertz CT molecular complexity index is 732. The van der Waals surface area contributed by atoms with E-state index in [1.165, 1.54) is 7.11 Å². The average molecular weight is 382 g/mol. The molecule has 1 aliphatic rings. The van der Waals surface area contributed by atoms with E-state index in [9.17, 15) is 4.79 Å². The third-order valence-corrected chi connectivity index (χ3v) is 4.73. The van der Waals surface area contributed by atoms with Gasteiger partial charge in [-0.1, -0.05) is 0 Å². The maximum absolute atomic E-state index is 12.1. The van der Waals surface area contributed by atoms with Crippen LogP contribution in [0.4, 0.5) is 11.4 Å². The van der Waals surface area contributed by atoms with Gasteiger partial charge in [-0.15, -0.1) is 0 Å². The van der Waals surface area contributed by atoms with Gasteiger partial charge in [-0.25, -0.2) is 4.98 Å². The fourth-order valence-electron chi connectivity index (χ4n) is 2.80. The summed E-state index contributed by atoms with van der Waals surface area (Å²) in [6.45, 7) is 3.37. The number of carbonyl (C=O) groups excluding carboxylic acids is 1. The number of H-pyrrole nitrogens is 1. The Hall–Kier alpha value is -1.64. The first-order valence-corrected chi connectivity index (χ1v) is 8.30. The van der Waals surface area contributed by atoms with Crippen LogP contribution in [0, 0.1) is 0 Å². The maximum atomic E-state index is 12.1. The third kappa shape index (κ3) is 3.06. The lowest BCUT2D eigenvalue weighted by Gasteiger charge is -2.21. The van der Waals surface area contributed by atoms with Gasteiger partial charge in [0.1, 0.15) is 11.8 Å². The summed E-state index contributed by atoms with van der Waals surface area (Å²) >= 11 is 3.58. The van der Waals surface area contributed by atoms with Gasteiger partial charge in [-0.3, -0.25) is 4.79 Å². The first kappa shape index (κ1) is 16.2. The first-order valence-electron chi connectivity index (χ1n) is 7.51. The van der Waals surface area contributed by atoms with Gasteiger partial charge < -0.3 is 25.7 Å². The molecule has 0 saturated carbocycles. The zero-order valence-electron chi connectivity index (χ0n) is 13.1. The van der Waals surface area contributed by atoms with Crippen molar-refractivity contribution >= 4 is 44.2 Å². The summed E-state index contributed by atoms with van der Waals surface area (Å²) in [5.74, 6) is -0.197. The molecule has 2 aromatic rings. The van der Waals surface area contributed by atoms with E-state index in [1.54, 1.807) is 19.3 Å². The molecule has 0 radical (unpaired) electrons. The number of carbonyl (C=O) groups is 1. The molecule has 4 N–H and O–H groups in total. The Labute approximate surface area is 142 Å². The van der Waals surface area contributed by atoms with Crippen LogP contribution in [0.2, 0.25) is 0 Å². The van der Waals surface area contributed by atoms with Crippen LogP contribution in [0.3, 0.4) is 0 Å². The number of amides is 1. The van der Waals surface area contributed by atoms with Gasteiger partial charge in [-0.2, -0.15) is 0 Å². The van der Waals surface area contributed by atoms with Crippen molar-refractivity contribution in [2.24, 2.45) is 5.73 Å². The second-order valence-corrected chi connectivity index (χ2v) is 6.60. The number of nitrogens with two attached hydrogens (primary N) is 1. The van der Waals surface area contributed by atoms with Gasteiger partial charge in [0.2, 0.25) is 0 Å². The normalized spacial score (nSPS) is 19.3. The van der Waals surface area contributed by atoms with E-state index < -0.39 is 6.10 Å². The molecule has 2 aromatic heterocycles. The summed E-state index contributed by atoms with van der Waals surface area (Å²) in [7, 11) is 1.51. The van der Waals surface area contributed by atoms with Crippen LogP contribution in [-0.2, 0) is 9.53 Å². The van der Waals surface area contributed by atoms with Gasteiger partial charge in [0.15, 0.2) is 0 Å². The first-order chi connectivity index (χ1) is 11.0. The highest BCUT2D eigenvalue weighted by Crippen LogP contribution is 2.39. The van der Waals surface area contributed by atoms with Crippen molar-refractivity contribution in [3.05, 3.63) is 16.9 Å². The smallest absolute Gasteiger partial charge is 0.253 e. The van der Waals surface area contributed by atoms with Crippen molar-refractivity contribution in [2.75, 3.05) is 30.4 Å². The number of hydrogen-bond donors (Lipinski definition) is 3. The minimum atomic E-state index is -0.524. The number of nitrogens with zero attached hydrogens (tertiary/aromatic N) is 2. The number of methoxy groups -OCH3 is 1. The maximum Gasteiger partial charge on any atom is 0.253 e. The minimum absolute atomic E-state index is 0.163. The largest absolute Gasteiger partial charge is 0.372 e. The Morgan fingerprint density at radius 1 is 1.65 bits per heavy atom. The predicted octanol–water partition coefficient (Wildman–Crippen LogP) is 1.84. The Morgan fingerprint density at radius 2 is 2.43 bits per heavy atom. The summed E-state index contributed by atoms with van der Waals surface area (Å²) in [5, 5.41) is 3.78. The van der Waals surface area contributed by atoms with Crippen LogP contribution >= 0.6 is 15.9 Å². The lowest BCUT2D eigenvalue weighted by molar-refractivity contribution is -0.124. The number of nitrogens with one attached hydrogen (secondary N) is 2. The molecular weight excluding hydrogens is 362 g/mol. The zero-order valence-corrected chi connectivity index (χ0v) is 14.7. The van der Waals surface area contributed by atoms with Crippen LogP contribution in [0.5, 0.6) is 0 Å². The molecule has 3 rings (SSSR count). The fourth-order valence-corrected chi connectivity index (χ4v) is 3.35. The van der Waals surface area contributed by atoms with Gasteiger partial charge >= 0.3 is 0 Å². The molecule has 0 spiro atoms. The molecule has 23 heavy (non-hydrogen) atoms. The van der Waals surface area contributed by atoms with Crippen molar-refractivity contribution in [1.82, 2.24) is 9.97 Å². The Balaban J connectivity index is 2.03. The highest BCUT2D eigenvalue weighted by atomic mass is 79.9. The van der Waals surface area contributed by atoms with Crippen LogP contribution < -0.4 is 16.0 Å². The molecule has 124 valence electrons. The summed E-state index contributed by atoms with van der Waals surface area (Å²) < 4.78 is 5.95. The van der Waals surface area contributed by atoms with Gasteiger partial charge in [-0.05, 0) is 29.3 Å². The molecule has 1 unspecified atom stereocenters. The third-order valence-electron chi connectivity index (χ3n) is 4.15. The predicted molar refractivity (Wildman–Crippen MR) is 93.7 cm³/mol. The zero-order chi connectivity index (χ0) is 16.6. The number of pyridine rings is 1. The Morgan fingerprint density at radius 3 is 3.09 bits per heavy atom. The fraction of sp³-hybridized carbons (Fsp3) is 0.467. The van der Waals surface area contributed by atoms with Crippen molar-refractivity contribution in [1.29, 1.82) is 0 Å². The van der Waals surface area contributed by atoms with Crippen molar-refractivity contribution in [3.63, 3.8) is 0 Å². The second kappa shape index (κ2) is 6.46. The number of halogens is 1. The molecule has 3 heterocycles. The molecule has 7 nitrogen and oxygen atoms in total. The molecule has 1 fully saturated rings. The lowest BCUT2D eigenvalue weighted by Crippen LogP contribution is -2.28. The van der Waals surface area contributed by atoms with E-state index in [0.717, 1.165) is 40.7 Å². The number of aromatic amines is 1. The van der Waals surface area contributed by atoms with E-state index in [-0.39, 0.29) is 11.9 Å². The number of rotatable bonds is 4. The number of aromatic nitrogens is 2. The van der Waals surface area contributed by atoms with Gasteiger partial charge in [0.25, 0.3) is 5.91 Å². The number of hydrogen-bond acceptors (Lipinski definition) is 5. The Kier molecular flexibility index (Phi) is 4.56. The summed E-state index contributed by atoms with van der Waals surface area (Å²) in [5.41, 5.74) is 8.46. The highest BCUT2D eigenvalue weighted by molar-refractivity contribution is 9.10. The molecular formula is C15H20BrN5O2. The molecule has 2 atom stereocenters. The summed E-state index contributed by atoms with van der Waals surface area (Å²) in [4.78, 5) is 21.9. The van der Waals surface area contributed by atoms with Crippen molar-refractivity contribution in [3.8, 4) is 0 Å². The van der Waals surface area contributed by atoms with E-state index in [4.69, 9.17) is 10.5 Å². The van der Waals surface area contributed by atoms with Crippen LogP contribution in [-0.4, -0.2) is 48.2 Å². The molecule has 0 aliphatic carbocycles. The van der Waals surface area contributed by atoms with E-state index in [0.29, 0.717) is 5.69 Å². The van der Waals surface area contributed by atoms with Crippen LogP contribution in [0.1, 0.15) is 13.3 Å². The minimum Gasteiger partial charge on any atom is -0.372 e. The lowest BCUT2D eigenvalue weighted by atomic mass is 10.2. The number of anilines is 2. The molecule has 0 bridgehead atoms. The van der Waals surface area contributed by atoms with E-state index in [2.05, 4.69) is 36.1 Å². The quantitative estimate of drug-likeness (QED) is 0.750. The SMILES string of the molecule is COC(C)C(=O)Nc1c[nH]c2ncc(Br)c(N3CC[C@@H](N)C3)c12. The van der Waals surface area contributed by atoms with Crippen LogP contribution in [0.15, 0.2) is 16.9 Å². The monoisotopic (exact) mass is 381 g/mol. The summed E-state index contributed by atoms with van der Waals surface area (Å²) in [6, 6.07) is 0.163. The van der Waals surface area contributed by atoms with E-state index in [1.807, 2.05) is 0 Å². The van der Waals surface area contributed by atoms with Crippen molar-refractivity contribution < 1.29 is 9.53 Å². The average Bonchev–Trinajstić information content (AvgIpc) is 3.13. The van der Waals surface area contributed by atoms with Crippen molar-refractivity contribution in [2.45, 2.75) is 25.5 Å². The molecule has 1 amide bonds. The van der Waals surface area contributed by atoms with Gasteiger partial charge in [0.05, 0.1) is 21.2 Å². The van der Waals surface area contributed by atoms with Gasteiger partial charge in [0, 0.05) is 38.6 Å². The standard InChI is InChI=1S/C15H20BrN5O2/c1-8(23-2)15(22)20-11-6-19-14-12(11)13(10(16)5-18-14)21-4-3-9(17)7-21/h5-6,8-9H,3-4,7,17H2,1-2H3,(H,18,19)(H,20,22)/t8?,9-/m1/s1. The van der Waals surface area contributed by atoms with E-state index >= 15 is 0 Å². The highest BCUT2D eigenvalue weighted by Gasteiger charge is 2.25. The topological polar surface area (TPSA) is 96.3 Å².